The van der Waals surface area contributed by atoms with Crippen LogP contribution in [0.15, 0.2) is 0 Å². The number of rotatable bonds is 3. The minimum absolute atomic E-state index is 0.620. The highest BCUT2D eigenvalue weighted by atomic mass is 15.2. The van der Waals surface area contributed by atoms with Crippen molar-refractivity contribution in [3.8, 4) is 0 Å². The van der Waals surface area contributed by atoms with Gasteiger partial charge in [0, 0.05) is 5.54 Å². The molecule has 1 heteroatoms. The Kier molecular flexibility index (Phi) is 3.71. The summed E-state index contributed by atoms with van der Waals surface area (Å²) in [6.45, 7) is 7.55. The summed E-state index contributed by atoms with van der Waals surface area (Å²) in [7, 11) is 0. The van der Waals surface area contributed by atoms with Crippen molar-refractivity contribution in [2.45, 2.75) is 70.8 Å². The van der Waals surface area contributed by atoms with Gasteiger partial charge in [-0.3, -0.25) is 4.90 Å². The van der Waals surface area contributed by atoms with E-state index in [9.17, 15) is 0 Å². The van der Waals surface area contributed by atoms with Crippen molar-refractivity contribution >= 4 is 0 Å². The molecule has 1 nitrogen and oxygen atoms in total. The molecule has 2 rings (SSSR count). The fourth-order valence-electron chi connectivity index (χ4n) is 3.81. The van der Waals surface area contributed by atoms with Gasteiger partial charge in [0.15, 0.2) is 0 Å². The highest BCUT2D eigenvalue weighted by molar-refractivity contribution is 4.96. The Morgan fingerprint density at radius 3 is 2.07 bits per heavy atom. The molecule has 1 aliphatic carbocycles. The molecule has 1 saturated carbocycles. The zero-order chi connectivity index (χ0) is 10.7. The molecule has 0 atom stereocenters. The van der Waals surface area contributed by atoms with E-state index in [4.69, 9.17) is 0 Å². The van der Waals surface area contributed by atoms with Crippen LogP contribution >= 0.6 is 0 Å². The van der Waals surface area contributed by atoms with Crippen LogP contribution in [0.5, 0.6) is 0 Å². The maximum absolute atomic E-state index is 2.85. The summed E-state index contributed by atoms with van der Waals surface area (Å²) in [6.07, 6.45) is 11.7. The molecule has 2 aliphatic rings. The summed E-state index contributed by atoms with van der Waals surface area (Å²) >= 11 is 0. The largest absolute Gasteiger partial charge is 0.298 e. The first-order valence-corrected chi connectivity index (χ1v) is 6.98. The molecule has 0 unspecified atom stereocenters. The normalized spacial score (nSPS) is 27.4. The Bertz CT molecular complexity index is 186. The standard InChI is InChI=1S/C14H27N/c1-13(2)12-14(8-4-5-9-14)15-10-6-3-7-11-15/h13H,3-12H2,1-2H3. The van der Waals surface area contributed by atoms with E-state index in [-0.39, 0.29) is 0 Å². The number of hydrogen-bond donors (Lipinski definition) is 0. The lowest BCUT2D eigenvalue weighted by Gasteiger charge is -2.44. The first-order chi connectivity index (χ1) is 7.23. The van der Waals surface area contributed by atoms with Crippen LogP contribution in [-0.2, 0) is 0 Å². The maximum Gasteiger partial charge on any atom is 0.0212 e. The van der Waals surface area contributed by atoms with Gasteiger partial charge in [0.05, 0.1) is 0 Å². The molecule has 0 radical (unpaired) electrons. The molecule has 1 saturated heterocycles. The van der Waals surface area contributed by atoms with Crippen LogP contribution in [0.3, 0.4) is 0 Å². The Balaban J connectivity index is 2.03. The third-order valence-corrected chi connectivity index (χ3v) is 4.35. The van der Waals surface area contributed by atoms with Crippen molar-refractivity contribution in [3.63, 3.8) is 0 Å². The molecule has 0 amide bonds. The molecule has 1 heterocycles. The lowest BCUT2D eigenvalue weighted by atomic mass is 9.84. The number of nitrogens with zero attached hydrogens (tertiary/aromatic N) is 1. The highest BCUT2D eigenvalue weighted by Crippen LogP contribution is 2.41. The molecule has 0 aromatic heterocycles. The van der Waals surface area contributed by atoms with Crippen molar-refractivity contribution in [3.05, 3.63) is 0 Å². The van der Waals surface area contributed by atoms with E-state index in [0.29, 0.717) is 5.54 Å². The molecule has 0 N–H and O–H groups in total. The van der Waals surface area contributed by atoms with Crippen LogP contribution in [0.2, 0.25) is 0 Å². The fourth-order valence-corrected chi connectivity index (χ4v) is 3.81. The second-order valence-corrected chi connectivity index (χ2v) is 6.08. The zero-order valence-corrected chi connectivity index (χ0v) is 10.6. The average Bonchev–Trinajstić information content (AvgIpc) is 2.68. The van der Waals surface area contributed by atoms with Crippen LogP contribution in [0.1, 0.15) is 65.2 Å². The summed E-state index contributed by atoms with van der Waals surface area (Å²) in [6, 6.07) is 0. The van der Waals surface area contributed by atoms with Crippen molar-refractivity contribution in [2.24, 2.45) is 5.92 Å². The smallest absolute Gasteiger partial charge is 0.0212 e. The van der Waals surface area contributed by atoms with E-state index in [2.05, 4.69) is 18.7 Å². The topological polar surface area (TPSA) is 3.24 Å². The van der Waals surface area contributed by atoms with E-state index in [1.165, 1.54) is 64.5 Å². The monoisotopic (exact) mass is 209 g/mol. The molecule has 1 aliphatic heterocycles. The summed E-state index contributed by atoms with van der Waals surface area (Å²) in [5.41, 5.74) is 0.620. The van der Waals surface area contributed by atoms with Crippen molar-refractivity contribution in [2.75, 3.05) is 13.1 Å². The molecule has 2 fully saturated rings. The van der Waals surface area contributed by atoms with Gasteiger partial charge in [-0.2, -0.15) is 0 Å². The highest BCUT2D eigenvalue weighted by Gasteiger charge is 2.39. The quantitative estimate of drug-likeness (QED) is 0.683. The van der Waals surface area contributed by atoms with Gasteiger partial charge in [-0.25, -0.2) is 0 Å². The van der Waals surface area contributed by atoms with Crippen LogP contribution in [0, 0.1) is 5.92 Å². The van der Waals surface area contributed by atoms with Crippen molar-refractivity contribution < 1.29 is 0 Å². The van der Waals surface area contributed by atoms with E-state index in [0.717, 1.165) is 5.92 Å². The Hall–Kier alpha value is -0.0400. The summed E-state index contributed by atoms with van der Waals surface area (Å²) < 4.78 is 0. The van der Waals surface area contributed by atoms with Gasteiger partial charge in [-0.15, -0.1) is 0 Å². The lowest BCUT2D eigenvalue weighted by molar-refractivity contribution is 0.0526. The van der Waals surface area contributed by atoms with Crippen LogP contribution in [0.4, 0.5) is 0 Å². The predicted molar refractivity (Wildman–Crippen MR) is 66.1 cm³/mol. The van der Waals surface area contributed by atoms with Gasteiger partial charge in [-0.1, -0.05) is 33.1 Å². The predicted octanol–water partition coefficient (Wildman–Crippen LogP) is 3.83. The van der Waals surface area contributed by atoms with Crippen LogP contribution < -0.4 is 0 Å². The fraction of sp³-hybridized carbons (Fsp3) is 1.00. The van der Waals surface area contributed by atoms with Gasteiger partial charge in [0.2, 0.25) is 0 Å². The molecule has 88 valence electrons. The van der Waals surface area contributed by atoms with E-state index < -0.39 is 0 Å². The first-order valence-electron chi connectivity index (χ1n) is 6.98. The second-order valence-electron chi connectivity index (χ2n) is 6.08. The average molecular weight is 209 g/mol. The van der Waals surface area contributed by atoms with Gasteiger partial charge >= 0.3 is 0 Å². The van der Waals surface area contributed by atoms with E-state index in [1.54, 1.807) is 0 Å². The van der Waals surface area contributed by atoms with Gasteiger partial charge < -0.3 is 0 Å². The molecule has 0 aromatic carbocycles. The first kappa shape index (κ1) is 11.4. The molecular weight excluding hydrogens is 182 g/mol. The minimum atomic E-state index is 0.620. The van der Waals surface area contributed by atoms with Crippen LogP contribution in [0.25, 0.3) is 0 Å². The third kappa shape index (κ3) is 2.55. The molecular formula is C14H27N. The molecule has 0 aromatic rings. The number of piperidine rings is 1. The second kappa shape index (κ2) is 4.86. The summed E-state index contributed by atoms with van der Waals surface area (Å²) in [4.78, 5) is 2.85. The molecule has 0 bridgehead atoms. The van der Waals surface area contributed by atoms with Gasteiger partial charge in [0.1, 0.15) is 0 Å². The number of likely N-dealkylation sites (tertiary alicyclic amines) is 1. The van der Waals surface area contributed by atoms with E-state index >= 15 is 0 Å². The zero-order valence-electron chi connectivity index (χ0n) is 10.6. The summed E-state index contributed by atoms with van der Waals surface area (Å²) in [5.74, 6) is 0.866. The van der Waals surface area contributed by atoms with Crippen molar-refractivity contribution in [1.29, 1.82) is 0 Å². The summed E-state index contributed by atoms with van der Waals surface area (Å²) in [5, 5.41) is 0. The lowest BCUT2D eigenvalue weighted by Crippen LogP contribution is -2.49. The minimum Gasteiger partial charge on any atom is -0.298 e. The maximum atomic E-state index is 2.85. The van der Waals surface area contributed by atoms with Crippen LogP contribution in [-0.4, -0.2) is 23.5 Å². The SMILES string of the molecule is CC(C)CC1(N2CCCCC2)CCCC1. The molecule has 15 heavy (non-hydrogen) atoms. The van der Waals surface area contributed by atoms with Gasteiger partial charge in [-0.05, 0) is 51.1 Å². The molecule has 0 spiro atoms. The van der Waals surface area contributed by atoms with Crippen molar-refractivity contribution in [1.82, 2.24) is 4.90 Å². The Morgan fingerprint density at radius 1 is 0.933 bits per heavy atom. The third-order valence-electron chi connectivity index (χ3n) is 4.35. The Labute approximate surface area is 95.2 Å². The Morgan fingerprint density at radius 2 is 1.53 bits per heavy atom. The van der Waals surface area contributed by atoms with E-state index in [1.807, 2.05) is 0 Å². The van der Waals surface area contributed by atoms with Gasteiger partial charge in [0.25, 0.3) is 0 Å². The number of hydrogen-bond acceptors (Lipinski definition) is 1.